The van der Waals surface area contributed by atoms with Crippen LogP contribution in [0.2, 0.25) is 5.02 Å². The molecule has 1 aliphatic heterocycles. The number of halogens is 1. The van der Waals surface area contributed by atoms with Gasteiger partial charge in [-0.2, -0.15) is 0 Å². The lowest BCUT2D eigenvalue weighted by Crippen LogP contribution is -2.37. The van der Waals surface area contributed by atoms with E-state index in [-0.39, 0.29) is 5.75 Å². The highest BCUT2D eigenvalue weighted by atomic mass is 35.5. The zero-order chi connectivity index (χ0) is 13.5. The molecule has 0 radical (unpaired) electrons. The molecule has 106 valence electrons. The molecule has 1 aromatic rings. The van der Waals surface area contributed by atoms with Crippen LogP contribution in [0.4, 0.5) is 0 Å². The summed E-state index contributed by atoms with van der Waals surface area (Å²) in [5.41, 5.74) is 0.846. The van der Waals surface area contributed by atoms with Crippen molar-refractivity contribution in [3.63, 3.8) is 0 Å². The van der Waals surface area contributed by atoms with Crippen LogP contribution >= 0.6 is 11.6 Å². The van der Waals surface area contributed by atoms with Crippen LogP contribution in [0, 0.1) is 0 Å². The number of phenols is 1. The number of rotatable bonds is 6. The zero-order valence-corrected chi connectivity index (χ0v) is 11.8. The fourth-order valence-corrected chi connectivity index (χ4v) is 2.37. The highest BCUT2D eigenvalue weighted by Crippen LogP contribution is 2.26. The monoisotopic (exact) mass is 284 g/mol. The van der Waals surface area contributed by atoms with Gasteiger partial charge in [0.25, 0.3) is 0 Å². The van der Waals surface area contributed by atoms with Gasteiger partial charge in [0.1, 0.15) is 5.75 Å². The van der Waals surface area contributed by atoms with Crippen molar-refractivity contribution >= 4 is 11.6 Å². The van der Waals surface area contributed by atoms with Gasteiger partial charge in [-0.25, -0.2) is 0 Å². The van der Waals surface area contributed by atoms with Crippen LogP contribution in [-0.2, 0) is 11.3 Å². The van der Waals surface area contributed by atoms with Crippen molar-refractivity contribution in [2.24, 2.45) is 0 Å². The van der Waals surface area contributed by atoms with E-state index in [2.05, 4.69) is 10.2 Å². The predicted octanol–water partition coefficient (Wildman–Crippen LogP) is 1.86. The van der Waals surface area contributed by atoms with E-state index < -0.39 is 0 Å². The van der Waals surface area contributed by atoms with Gasteiger partial charge in [-0.1, -0.05) is 23.7 Å². The van der Waals surface area contributed by atoms with Gasteiger partial charge in [-0.15, -0.1) is 0 Å². The summed E-state index contributed by atoms with van der Waals surface area (Å²) in [6.07, 6.45) is 1.10. The second-order valence-electron chi connectivity index (χ2n) is 4.73. The topological polar surface area (TPSA) is 44.7 Å². The number of aromatic hydroxyl groups is 1. The summed E-state index contributed by atoms with van der Waals surface area (Å²) in [6.45, 7) is 6.45. The molecule has 1 aromatic carbocycles. The highest BCUT2D eigenvalue weighted by molar-refractivity contribution is 6.32. The first-order valence-corrected chi connectivity index (χ1v) is 7.12. The summed E-state index contributed by atoms with van der Waals surface area (Å²) in [6, 6.07) is 5.43. The Balaban J connectivity index is 1.62. The maximum atomic E-state index is 9.76. The Bertz CT molecular complexity index is 395. The standard InChI is InChI=1S/C14H21ClN2O2/c15-13-4-1-3-12(14(13)18)11-16-5-2-6-17-7-9-19-10-8-17/h1,3-4,16,18H,2,5-11H2. The first kappa shape index (κ1) is 14.6. The Morgan fingerprint density at radius 3 is 2.89 bits per heavy atom. The molecular formula is C14H21ClN2O2. The second-order valence-corrected chi connectivity index (χ2v) is 5.14. The van der Waals surface area contributed by atoms with Crippen molar-refractivity contribution in [3.8, 4) is 5.75 Å². The van der Waals surface area contributed by atoms with Crippen LogP contribution in [-0.4, -0.2) is 49.4 Å². The number of hydrogen-bond donors (Lipinski definition) is 2. The predicted molar refractivity (Wildman–Crippen MR) is 76.7 cm³/mol. The Morgan fingerprint density at radius 1 is 1.32 bits per heavy atom. The Hall–Kier alpha value is -0.810. The van der Waals surface area contributed by atoms with Crippen LogP contribution in [0.5, 0.6) is 5.75 Å². The Morgan fingerprint density at radius 2 is 2.11 bits per heavy atom. The molecule has 0 aromatic heterocycles. The first-order chi connectivity index (χ1) is 9.27. The third-order valence-corrected chi connectivity index (χ3v) is 3.62. The molecule has 0 atom stereocenters. The third kappa shape index (κ3) is 4.66. The molecular weight excluding hydrogens is 264 g/mol. The van der Waals surface area contributed by atoms with Crippen LogP contribution in [0.15, 0.2) is 18.2 Å². The molecule has 1 saturated heterocycles. The molecule has 2 rings (SSSR count). The first-order valence-electron chi connectivity index (χ1n) is 6.74. The van der Waals surface area contributed by atoms with Gasteiger partial charge >= 0.3 is 0 Å². The number of phenolic OH excluding ortho intramolecular Hbond substituents is 1. The molecule has 0 saturated carbocycles. The molecule has 1 aliphatic rings. The van der Waals surface area contributed by atoms with E-state index in [1.165, 1.54) is 0 Å². The normalized spacial score (nSPS) is 16.7. The van der Waals surface area contributed by atoms with Crippen LogP contribution in [0.25, 0.3) is 0 Å². The summed E-state index contributed by atoms with van der Waals surface area (Å²) < 4.78 is 5.31. The van der Waals surface area contributed by atoms with Crippen molar-refractivity contribution < 1.29 is 9.84 Å². The molecule has 2 N–H and O–H groups in total. The molecule has 1 heterocycles. The minimum Gasteiger partial charge on any atom is -0.506 e. The molecule has 0 unspecified atom stereocenters. The maximum absolute atomic E-state index is 9.76. The molecule has 0 spiro atoms. The van der Waals surface area contributed by atoms with E-state index in [0.29, 0.717) is 11.6 Å². The van der Waals surface area contributed by atoms with Gasteiger partial charge in [-0.05, 0) is 25.6 Å². The van der Waals surface area contributed by atoms with E-state index >= 15 is 0 Å². The van der Waals surface area contributed by atoms with Gasteiger partial charge in [0, 0.05) is 25.2 Å². The fraction of sp³-hybridized carbons (Fsp3) is 0.571. The summed E-state index contributed by atoms with van der Waals surface area (Å²) in [7, 11) is 0. The van der Waals surface area contributed by atoms with Crippen molar-refractivity contribution in [2.45, 2.75) is 13.0 Å². The highest BCUT2D eigenvalue weighted by Gasteiger charge is 2.09. The number of nitrogens with one attached hydrogen (secondary N) is 1. The number of ether oxygens (including phenoxy) is 1. The van der Waals surface area contributed by atoms with E-state index in [9.17, 15) is 5.11 Å². The van der Waals surface area contributed by atoms with E-state index in [4.69, 9.17) is 16.3 Å². The Labute approximate surface area is 119 Å². The Kier molecular flexibility index (Phi) is 5.92. The van der Waals surface area contributed by atoms with Gasteiger partial charge in [-0.3, -0.25) is 4.90 Å². The molecule has 1 fully saturated rings. The largest absolute Gasteiger partial charge is 0.506 e. The van der Waals surface area contributed by atoms with Crippen LogP contribution in [0.3, 0.4) is 0 Å². The van der Waals surface area contributed by atoms with Crippen molar-refractivity contribution in [2.75, 3.05) is 39.4 Å². The van der Waals surface area contributed by atoms with E-state index in [1.807, 2.05) is 12.1 Å². The molecule has 0 amide bonds. The van der Waals surface area contributed by atoms with Crippen molar-refractivity contribution in [1.29, 1.82) is 0 Å². The van der Waals surface area contributed by atoms with Gasteiger partial charge in [0.15, 0.2) is 0 Å². The lowest BCUT2D eigenvalue weighted by atomic mass is 10.2. The van der Waals surface area contributed by atoms with Gasteiger partial charge in [0.05, 0.1) is 18.2 Å². The quantitative estimate of drug-likeness (QED) is 0.783. The molecule has 0 aliphatic carbocycles. The minimum absolute atomic E-state index is 0.185. The molecule has 4 nitrogen and oxygen atoms in total. The van der Waals surface area contributed by atoms with Crippen LogP contribution in [0.1, 0.15) is 12.0 Å². The zero-order valence-electron chi connectivity index (χ0n) is 11.1. The second kappa shape index (κ2) is 7.70. The number of nitrogens with zero attached hydrogens (tertiary/aromatic N) is 1. The number of hydrogen-bond acceptors (Lipinski definition) is 4. The minimum atomic E-state index is 0.185. The van der Waals surface area contributed by atoms with Crippen molar-refractivity contribution in [1.82, 2.24) is 10.2 Å². The molecule has 19 heavy (non-hydrogen) atoms. The van der Waals surface area contributed by atoms with E-state index in [1.54, 1.807) is 6.07 Å². The SMILES string of the molecule is Oc1c(Cl)cccc1CNCCCN1CCOCC1. The van der Waals surface area contributed by atoms with Gasteiger partial charge in [0.2, 0.25) is 0 Å². The fourth-order valence-electron chi connectivity index (χ4n) is 2.18. The summed E-state index contributed by atoms with van der Waals surface area (Å²) in [4.78, 5) is 2.42. The summed E-state index contributed by atoms with van der Waals surface area (Å²) >= 11 is 5.86. The average Bonchev–Trinajstić information content (AvgIpc) is 2.44. The van der Waals surface area contributed by atoms with Gasteiger partial charge < -0.3 is 15.2 Å². The smallest absolute Gasteiger partial charge is 0.138 e. The molecule has 5 heteroatoms. The van der Waals surface area contributed by atoms with Crippen LogP contribution < -0.4 is 5.32 Å². The number of morpholine rings is 1. The number of benzene rings is 1. The van der Waals surface area contributed by atoms with E-state index in [0.717, 1.165) is 51.4 Å². The summed E-state index contributed by atoms with van der Waals surface area (Å²) in [5, 5.41) is 13.5. The molecule has 0 bridgehead atoms. The van der Waals surface area contributed by atoms with Crippen molar-refractivity contribution in [3.05, 3.63) is 28.8 Å². The third-order valence-electron chi connectivity index (χ3n) is 3.32. The maximum Gasteiger partial charge on any atom is 0.138 e. The lowest BCUT2D eigenvalue weighted by Gasteiger charge is -2.26. The summed E-state index contributed by atoms with van der Waals surface area (Å²) in [5.74, 6) is 0.185. The lowest BCUT2D eigenvalue weighted by molar-refractivity contribution is 0.0374. The average molecular weight is 285 g/mol. The number of para-hydroxylation sites is 1.